The van der Waals surface area contributed by atoms with E-state index < -0.39 is 0 Å². The average molecular weight is 245 g/mol. The van der Waals surface area contributed by atoms with Gasteiger partial charge in [0.1, 0.15) is 11.5 Å². The largest absolute Gasteiger partial charge is 0.496 e. The monoisotopic (exact) mass is 244 g/mol. The molecule has 0 bridgehead atoms. The number of aliphatic hydroxyl groups is 1. The molecule has 1 N–H and O–H groups in total. The van der Waals surface area contributed by atoms with Gasteiger partial charge < -0.3 is 14.6 Å². The number of halogens is 1. The molecule has 0 saturated heterocycles. The number of rotatable bonds is 5. The van der Waals surface area contributed by atoms with Crippen molar-refractivity contribution in [2.75, 3.05) is 20.8 Å². The molecule has 1 aromatic rings. The number of ether oxygens (including phenoxy) is 2. The summed E-state index contributed by atoms with van der Waals surface area (Å²) in [7, 11) is 3.20. The number of aliphatic hydroxyl groups excluding tert-OH is 1. The molecule has 1 aromatic carbocycles. The van der Waals surface area contributed by atoms with Gasteiger partial charge in [-0.25, -0.2) is 0 Å². The van der Waals surface area contributed by atoms with E-state index in [4.69, 9.17) is 26.2 Å². The van der Waals surface area contributed by atoms with Gasteiger partial charge in [-0.1, -0.05) is 11.6 Å². The first-order valence-electron chi connectivity index (χ1n) is 5.16. The summed E-state index contributed by atoms with van der Waals surface area (Å²) < 4.78 is 10.5. The molecule has 4 heteroatoms. The van der Waals surface area contributed by atoms with Crippen molar-refractivity contribution >= 4 is 11.6 Å². The summed E-state index contributed by atoms with van der Waals surface area (Å²) in [5.74, 6) is 1.42. The molecule has 1 rings (SSSR count). The maximum atomic E-state index is 8.85. The van der Waals surface area contributed by atoms with Crippen molar-refractivity contribution in [3.05, 3.63) is 22.2 Å². The van der Waals surface area contributed by atoms with Crippen LogP contribution >= 0.6 is 11.6 Å². The van der Waals surface area contributed by atoms with Crippen LogP contribution in [-0.4, -0.2) is 25.9 Å². The third-order valence-electron chi connectivity index (χ3n) is 2.48. The minimum Gasteiger partial charge on any atom is -0.496 e. The summed E-state index contributed by atoms with van der Waals surface area (Å²) in [5.41, 5.74) is 1.83. The zero-order valence-electron chi connectivity index (χ0n) is 9.84. The van der Waals surface area contributed by atoms with E-state index in [2.05, 4.69) is 0 Å². The zero-order valence-corrected chi connectivity index (χ0v) is 10.6. The second-order valence-corrected chi connectivity index (χ2v) is 3.93. The number of aryl methyl sites for hydroxylation is 1. The van der Waals surface area contributed by atoms with E-state index in [1.54, 1.807) is 14.2 Å². The van der Waals surface area contributed by atoms with Crippen LogP contribution in [0, 0.1) is 6.92 Å². The second-order valence-electron chi connectivity index (χ2n) is 3.55. The molecule has 16 heavy (non-hydrogen) atoms. The fraction of sp³-hybridized carbons (Fsp3) is 0.500. The summed E-state index contributed by atoms with van der Waals surface area (Å²) in [5, 5.41) is 9.42. The molecule has 0 radical (unpaired) electrons. The van der Waals surface area contributed by atoms with E-state index >= 15 is 0 Å². The van der Waals surface area contributed by atoms with Gasteiger partial charge >= 0.3 is 0 Å². The first-order chi connectivity index (χ1) is 7.65. The molecule has 0 spiro atoms. The minimum absolute atomic E-state index is 0.135. The lowest BCUT2D eigenvalue weighted by atomic mass is 10.0. The highest BCUT2D eigenvalue weighted by molar-refractivity contribution is 6.33. The highest BCUT2D eigenvalue weighted by Gasteiger charge is 2.15. The Hall–Kier alpha value is -0.930. The van der Waals surface area contributed by atoms with Gasteiger partial charge in [-0.15, -0.1) is 0 Å². The highest BCUT2D eigenvalue weighted by Crippen LogP contribution is 2.38. The molecule has 0 fully saturated rings. The molecule has 0 heterocycles. The Morgan fingerprint density at radius 3 is 2.50 bits per heavy atom. The third kappa shape index (κ3) is 2.60. The minimum atomic E-state index is 0.135. The van der Waals surface area contributed by atoms with Gasteiger partial charge in [0.15, 0.2) is 0 Å². The SMILES string of the molecule is COc1cc(C)c(OC)c(Cl)c1CCCO. The Balaban J connectivity index is 3.20. The zero-order chi connectivity index (χ0) is 12.1. The number of hydrogen-bond donors (Lipinski definition) is 1. The van der Waals surface area contributed by atoms with Crippen LogP contribution in [-0.2, 0) is 6.42 Å². The first-order valence-corrected chi connectivity index (χ1v) is 5.54. The Kier molecular flexibility index (Phi) is 4.90. The van der Waals surface area contributed by atoms with Crippen LogP contribution in [0.15, 0.2) is 6.07 Å². The lowest BCUT2D eigenvalue weighted by molar-refractivity contribution is 0.287. The topological polar surface area (TPSA) is 38.7 Å². The van der Waals surface area contributed by atoms with Crippen LogP contribution in [0.1, 0.15) is 17.5 Å². The standard InChI is InChI=1S/C12H17ClO3/c1-8-7-10(15-2)9(5-4-6-14)11(13)12(8)16-3/h7,14H,4-6H2,1-3H3. The molecule has 90 valence electrons. The van der Waals surface area contributed by atoms with Crippen LogP contribution in [0.5, 0.6) is 11.5 Å². The predicted molar refractivity (Wildman–Crippen MR) is 64.7 cm³/mol. The summed E-state index contributed by atoms with van der Waals surface area (Å²) >= 11 is 6.25. The van der Waals surface area contributed by atoms with Crippen molar-refractivity contribution in [2.45, 2.75) is 19.8 Å². The molecule has 0 atom stereocenters. The van der Waals surface area contributed by atoms with E-state index in [9.17, 15) is 0 Å². The number of hydrogen-bond acceptors (Lipinski definition) is 3. The summed E-state index contributed by atoms with van der Waals surface area (Å²) in [6, 6.07) is 1.90. The molecular weight excluding hydrogens is 228 g/mol. The van der Waals surface area contributed by atoms with Crippen LogP contribution in [0.25, 0.3) is 0 Å². The summed E-state index contributed by atoms with van der Waals surface area (Å²) in [6.45, 7) is 2.05. The lowest BCUT2D eigenvalue weighted by Crippen LogP contribution is -1.99. The van der Waals surface area contributed by atoms with Gasteiger partial charge in [-0.05, 0) is 31.4 Å². The quantitative estimate of drug-likeness (QED) is 0.865. The van der Waals surface area contributed by atoms with Crippen molar-refractivity contribution < 1.29 is 14.6 Å². The molecule has 0 amide bonds. The lowest BCUT2D eigenvalue weighted by Gasteiger charge is -2.15. The molecule has 0 saturated carbocycles. The van der Waals surface area contributed by atoms with Crippen molar-refractivity contribution in [3.8, 4) is 11.5 Å². The van der Waals surface area contributed by atoms with Crippen LogP contribution in [0.4, 0.5) is 0 Å². The van der Waals surface area contributed by atoms with Crippen LogP contribution in [0.3, 0.4) is 0 Å². The maximum absolute atomic E-state index is 8.85. The van der Waals surface area contributed by atoms with Gasteiger partial charge in [0, 0.05) is 12.2 Å². The summed E-state index contributed by atoms with van der Waals surface area (Å²) in [4.78, 5) is 0. The molecule has 0 aliphatic rings. The maximum Gasteiger partial charge on any atom is 0.140 e. The molecular formula is C12H17ClO3. The second kappa shape index (κ2) is 5.97. The summed E-state index contributed by atoms with van der Waals surface area (Å²) in [6.07, 6.45) is 1.33. The Labute approximate surface area is 101 Å². The van der Waals surface area contributed by atoms with E-state index in [1.807, 2.05) is 13.0 Å². The van der Waals surface area contributed by atoms with Crippen molar-refractivity contribution in [1.29, 1.82) is 0 Å². The van der Waals surface area contributed by atoms with Gasteiger partial charge in [0.25, 0.3) is 0 Å². The molecule has 0 unspecified atom stereocenters. The smallest absolute Gasteiger partial charge is 0.140 e. The van der Waals surface area contributed by atoms with Gasteiger partial charge in [-0.2, -0.15) is 0 Å². The number of benzene rings is 1. The van der Waals surface area contributed by atoms with Gasteiger partial charge in [0.2, 0.25) is 0 Å². The van der Waals surface area contributed by atoms with Gasteiger partial charge in [-0.3, -0.25) is 0 Å². The molecule has 0 aliphatic carbocycles. The van der Waals surface area contributed by atoms with E-state index in [0.717, 1.165) is 16.9 Å². The van der Waals surface area contributed by atoms with Crippen LogP contribution in [0.2, 0.25) is 5.02 Å². The van der Waals surface area contributed by atoms with Crippen LogP contribution < -0.4 is 9.47 Å². The Morgan fingerprint density at radius 2 is 2.00 bits per heavy atom. The van der Waals surface area contributed by atoms with E-state index in [-0.39, 0.29) is 6.61 Å². The predicted octanol–water partition coefficient (Wildman–Crippen LogP) is 2.59. The third-order valence-corrected chi connectivity index (χ3v) is 2.88. The highest BCUT2D eigenvalue weighted by atomic mass is 35.5. The first kappa shape index (κ1) is 13.1. The average Bonchev–Trinajstić information content (AvgIpc) is 2.28. The fourth-order valence-corrected chi connectivity index (χ4v) is 2.10. The molecule has 0 aliphatic heterocycles. The van der Waals surface area contributed by atoms with Gasteiger partial charge in [0.05, 0.1) is 19.2 Å². The fourth-order valence-electron chi connectivity index (χ4n) is 1.69. The van der Waals surface area contributed by atoms with E-state index in [0.29, 0.717) is 23.6 Å². The van der Waals surface area contributed by atoms with Crippen molar-refractivity contribution in [1.82, 2.24) is 0 Å². The number of methoxy groups -OCH3 is 2. The Morgan fingerprint density at radius 1 is 1.31 bits per heavy atom. The normalized spacial score (nSPS) is 10.3. The Bertz CT molecular complexity index is 364. The van der Waals surface area contributed by atoms with E-state index in [1.165, 1.54) is 0 Å². The molecule has 0 aromatic heterocycles. The molecule has 3 nitrogen and oxygen atoms in total. The van der Waals surface area contributed by atoms with Crippen molar-refractivity contribution in [2.24, 2.45) is 0 Å². The van der Waals surface area contributed by atoms with Crippen molar-refractivity contribution in [3.63, 3.8) is 0 Å².